The molecule has 20 heteroatoms. The van der Waals surface area contributed by atoms with E-state index in [1.54, 1.807) is 19.1 Å². The molecule has 4 amide bonds. The molecular formula is C39H45F6N5O8S. The monoisotopic (exact) mass is 857 g/mol. The second kappa shape index (κ2) is 14.5. The van der Waals surface area contributed by atoms with Crippen LogP contribution in [0.4, 0.5) is 31.1 Å². The lowest BCUT2D eigenvalue weighted by atomic mass is 9.87. The first-order valence-corrected chi connectivity index (χ1v) is 21.0. The summed E-state index contributed by atoms with van der Waals surface area (Å²) in [6.07, 6.45) is -8.34. The van der Waals surface area contributed by atoms with Crippen molar-refractivity contribution in [2.24, 2.45) is 5.92 Å². The van der Waals surface area contributed by atoms with Crippen LogP contribution >= 0.6 is 0 Å². The third-order valence-electron chi connectivity index (χ3n) is 12.6. The molecule has 2 saturated carbocycles. The van der Waals surface area contributed by atoms with E-state index < -0.39 is 85.7 Å². The Hall–Kier alpha value is -4.62. The van der Waals surface area contributed by atoms with Gasteiger partial charge >= 0.3 is 18.4 Å². The molecule has 1 aromatic carbocycles. The molecule has 0 bridgehead atoms. The van der Waals surface area contributed by atoms with Crippen LogP contribution in [0.15, 0.2) is 36.4 Å². The molecule has 5 aliphatic rings. The number of para-hydroxylation sites is 1. The molecule has 5 atom stereocenters. The molecule has 0 unspecified atom stereocenters. The number of pyridine rings is 1. The summed E-state index contributed by atoms with van der Waals surface area (Å²) in [6, 6.07) is 4.19. The second-order valence-electron chi connectivity index (χ2n) is 16.8. The summed E-state index contributed by atoms with van der Waals surface area (Å²) in [5, 5.41) is 5.49. The first kappa shape index (κ1) is 42.5. The molecule has 3 fully saturated rings. The average molecular weight is 858 g/mol. The number of alkyl carbamates (subject to hydrolysis) is 1. The summed E-state index contributed by atoms with van der Waals surface area (Å²) >= 11 is 0. The Labute approximate surface area is 336 Å². The van der Waals surface area contributed by atoms with Crippen molar-refractivity contribution in [3.8, 4) is 5.75 Å². The maximum Gasteiger partial charge on any atom is 0.437 e. The molecule has 2 aliphatic carbocycles. The summed E-state index contributed by atoms with van der Waals surface area (Å²) in [7, 11) is -4.14. The van der Waals surface area contributed by atoms with E-state index in [9.17, 15) is 53.9 Å². The molecule has 7 rings (SSSR count). The zero-order chi connectivity index (χ0) is 43.0. The molecular weight excluding hydrogens is 813 g/mol. The Bertz CT molecular complexity index is 2200. The fourth-order valence-electron chi connectivity index (χ4n) is 8.28. The summed E-state index contributed by atoms with van der Waals surface area (Å²) < 4.78 is 120. The van der Waals surface area contributed by atoms with Crippen LogP contribution < -0.4 is 20.1 Å². The van der Waals surface area contributed by atoms with Gasteiger partial charge in [0.05, 0.1) is 22.5 Å². The fraction of sp³-hybridized carbons (Fsp3) is 0.615. The van der Waals surface area contributed by atoms with E-state index in [0.717, 1.165) is 21.4 Å². The van der Waals surface area contributed by atoms with E-state index in [-0.39, 0.29) is 45.6 Å². The number of sulfonamides is 1. The zero-order valence-electron chi connectivity index (χ0n) is 32.5. The van der Waals surface area contributed by atoms with Gasteiger partial charge in [-0.15, -0.1) is 0 Å². The van der Waals surface area contributed by atoms with Gasteiger partial charge in [0.15, 0.2) is 0 Å². The molecule has 3 N–H and O–H groups in total. The minimum atomic E-state index is -6.07. The summed E-state index contributed by atoms with van der Waals surface area (Å²) in [6.45, 7) is 2.59. The lowest BCUT2D eigenvalue weighted by Gasteiger charge is -2.37. The van der Waals surface area contributed by atoms with Crippen LogP contribution in [0.25, 0.3) is 10.9 Å². The predicted octanol–water partition coefficient (Wildman–Crippen LogP) is 5.58. The van der Waals surface area contributed by atoms with Crippen LogP contribution in [-0.2, 0) is 35.6 Å². The van der Waals surface area contributed by atoms with Gasteiger partial charge in [0.2, 0.25) is 21.8 Å². The van der Waals surface area contributed by atoms with Crippen molar-refractivity contribution in [1.29, 1.82) is 0 Å². The maximum atomic E-state index is 14.6. The van der Waals surface area contributed by atoms with Crippen molar-refractivity contribution < 1.29 is 63.4 Å². The largest absolute Gasteiger partial charge is 0.483 e. The summed E-state index contributed by atoms with van der Waals surface area (Å²) in [4.78, 5) is 61.7. The number of nitrogens with zero attached hydrogens (tertiary/aromatic N) is 2. The van der Waals surface area contributed by atoms with E-state index in [1.807, 2.05) is 29.6 Å². The smallest absolute Gasteiger partial charge is 0.437 e. The van der Waals surface area contributed by atoms with Crippen molar-refractivity contribution >= 4 is 44.7 Å². The molecule has 13 nitrogen and oxygen atoms in total. The Balaban J connectivity index is 1.24. The third-order valence-corrected chi connectivity index (χ3v) is 14.7. The number of carbonyl (C=O) groups excluding carboxylic acids is 4. The van der Waals surface area contributed by atoms with E-state index in [0.29, 0.717) is 50.0 Å². The standard InChI is InChI=1S/C39H45F6N5O8S/c1-22-29-25(24-12-9-10-13-26(24)46-22)15-16-36(57-29)20-28-30(51)48-37(32(53)49-59(55,56)34(2)17-18-34)19-23(37)11-7-5-4-6-8-14-27(31(52)50(28)21-36)47-33(54)58-35(3,38(40,41)42)39(43,44)45/h7,9-13,23,27-28H,4-6,8,14-21H2,1-3H3,(H,47,54)(H,48,51)(H,49,53)/b11-7-/t23-,27+,28+,36-,37-/m1/s1. The van der Waals surface area contributed by atoms with E-state index >= 15 is 0 Å². The van der Waals surface area contributed by atoms with Crippen LogP contribution in [0.5, 0.6) is 5.75 Å². The number of ether oxygens (including phenoxy) is 2. The second-order valence-corrected chi connectivity index (χ2v) is 19.0. The minimum absolute atomic E-state index is 0.0358. The van der Waals surface area contributed by atoms with Gasteiger partial charge in [-0.3, -0.25) is 19.1 Å². The predicted molar refractivity (Wildman–Crippen MR) is 198 cm³/mol. The molecule has 4 heterocycles. The number of rotatable bonds is 5. The lowest BCUT2D eigenvalue weighted by molar-refractivity contribution is -0.358. The summed E-state index contributed by atoms with van der Waals surface area (Å²) in [5.41, 5.74) is -5.84. The third kappa shape index (κ3) is 7.69. The summed E-state index contributed by atoms with van der Waals surface area (Å²) in [5.74, 6) is -3.04. The number of aryl methyl sites for hydroxylation is 2. The SMILES string of the molecule is Cc1nc2ccccc2c2c1O[C@]1(CC2)C[C@H]2C(=O)N[C@]3(C(=O)NS(=O)(=O)C4(C)CC4)C[C@H]3/C=C\CCCCC[C@H](NC(=O)OC(C)(C(F)(F)F)C(F)(F)F)C(=O)N2C1. The van der Waals surface area contributed by atoms with Gasteiger partial charge in [-0.25, -0.2) is 18.2 Å². The van der Waals surface area contributed by atoms with Gasteiger partial charge in [0.25, 0.3) is 11.5 Å². The number of fused-ring (bicyclic) bond motifs is 5. The quantitative estimate of drug-likeness (QED) is 0.257. The van der Waals surface area contributed by atoms with Gasteiger partial charge in [-0.05, 0) is 78.2 Å². The van der Waals surface area contributed by atoms with Crippen LogP contribution in [0.3, 0.4) is 0 Å². The lowest BCUT2D eigenvalue weighted by Crippen LogP contribution is -2.60. The number of hydrogen-bond donors (Lipinski definition) is 3. The number of allylic oxidation sites excluding steroid dienone is 1. The first-order valence-electron chi connectivity index (χ1n) is 19.5. The van der Waals surface area contributed by atoms with E-state index in [2.05, 4.69) is 19.8 Å². The van der Waals surface area contributed by atoms with Crippen molar-refractivity contribution in [3.63, 3.8) is 0 Å². The molecule has 1 spiro atoms. The number of carbonyl (C=O) groups is 4. The first-order chi connectivity index (χ1) is 27.4. The topological polar surface area (TPSA) is 173 Å². The van der Waals surface area contributed by atoms with Crippen molar-refractivity contribution in [3.05, 3.63) is 47.7 Å². The van der Waals surface area contributed by atoms with Crippen molar-refractivity contribution in [1.82, 2.24) is 25.2 Å². The molecule has 1 saturated heterocycles. The highest BCUT2D eigenvalue weighted by Crippen LogP contribution is 2.49. The van der Waals surface area contributed by atoms with Gasteiger partial charge in [-0.1, -0.05) is 43.2 Å². The number of alkyl halides is 6. The van der Waals surface area contributed by atoms with Crippen LogP contribution in [0.2, 0.25) is 0 Å². The van der Waals surface area contributed by atoms with Crippen LogP contribution in [0.1, 0.15) is 89.3 Å². The van der Waals surface area contributed by atoms with Gasteiger partial charge in [-0.2, -0.15) is 26.3 Å². The number of benzene rings is 1. The molecule has 3 aliphatic heterocycles. The van der Waals surface area contributed by atoms with Crippen LogP contribution in [-0.4, -0.2) is 94.6 Å². The van der Waals surface area contributed by atoms with E-state index in [1.165, 1.54) is 6.92 Å². The normalized spacial score (nSPS) is 29.1. The number of nitrogens with one attached hydrogen (secondary N) is 3. The number of amides is 4. The van der Waals surface area contributed by atoms with Crippen LogP contribution in [0, 0.1) is 12.8 Å². The van der Waals surface area contributed by atoms with Crippen molar-refractivity contribution in [2.75, 3.05) is 6.54 Å². The Morgan fingerprint density at radius 3 is 2.39 bits per heavy atom. The maximum absolute atomic E-state index is 14.6. The minimum Gasteiger partial charge on any atom is -0.483 e. The van der Waals surface area contributed by atoms with Gasteiger partial charge in [0, 0.05) is 23.3 Å². The highest BCUT2D eigenvalue weighted by Gasteiger charge is 2.71. The van der Waals surface area contributed by atoms with Crippen molar-refractivity contribution in [2.45, 2.75) is 137 Å². The number of hydrogen-bond acceptors (Lipinski definition) is 9. The van der Waals surface area contributed by atoms with Gasteiger partial charge < -0.3 is 25.0 Å². The Morgan fingerprint density at radius 2 is 1.71 bits per heavy atom. The Morgan fingerprint density at radius 1 is 1.02 bits per heavy atom. The molecule has 322 valence electrons. The Kier molecular flexibility index (Phi) is 10.5. The average Bonchev–Trinajstić information content (AvgIpc) is 4.04. The molecule has 2 aromatic rings. The highest BCUT2D eigenvalue weighted by molar-refractivity contribution is 7.91. The molecule has 1 aromatic heterocycles. The molecule has 0 radical (unpaired) electrons. The van der Waals surface area contributed by atoms with Gasteiger partial charge in [0.1, 0.15) is 29.0 Å². The van der Waals surface area contributed by atoms with E-state index in [4.69, 9.17) is 4.74 Å². The number of aromatic nitrogens is 1. The zero-order valence-corrected chi connectivity index (χ0v) is 33.3. The number of halogens is 6. The fourth-order valence-corrected chi connectivity index (χ4v) is 9.59. The molecule has 59 heavy (non-hydrogen) atoms. The highest BCUT2D eigenvalue weighted by atomic mass is 32.2.